The van der Waals surface area contributed by atoms with Crippen LogP contribution in [0.4, 0.5) is 0 Å². The summed E-state index contributed by atoms with van der Waals surface area (Å²) in [5, 5.41) is 15.1. The van der Waals surface area contributed by atoms with Crippen LogP contribution in [0.15, 0.2) is 49.5 Å². The van der Waals surface area contributed by atoms with Gasteiger partial charge in [-0.3, -0.25) is 14.4 Å². The van der Waals surface area contributed by atoms with E-state index in [9.17, 15) is 19.2 Å². The third-order valence-electron chi connectivity index (χ3n) is 1.76. The maximum atomic E-state index is 11.2. The first kappa shape index (κ1) is 16.8. The molecule has 4 N–H and O–H groups in total. The second-order valence-corrected chi connectivity index (χ2v) is 3.14. The van der Waals surface area contributed by atoms with E-state index in [2.05, 4.69) is 30.4 Å². The number of amides is 3. The predicted molar refractivity (Wildman–Crippen MR) is 69.7 cm³/mol. The van der Waals surface area contributed by atoms with E-state index in [1.54, 1.807) is 0 Å². The normalized spacial score (nSPS) is 8.60. The lowest BCUT2D eigenvalue weighted by Crippen LogP contribution is -2.40. The SMILES string of the molecule is C=CC(=O)NC(NC(=O)C=C)=C(NC(=O)C=C)C(=O)O. The molecule has 0 spiro atoms. The Balaban J connectivity index is 5.63. The molecule has 0 aliphatic rings. The van der Waals surface area contributed by atoms with Gasteiger partial charge in [0.1, 0.15) is 5.82 Å². The molecule has 106 valence electrons. The minimum atomic E-state index is -1.58. The highest BCUT2D eigenvalue weighted by atomic mass is 16.4. The van der Waals surface area contributed by atoms with Gasteiger partial charge in [-0.2, -0.15) is 0 Å². The summed E-state index contributed by atoms with van der Waals surface area (Å²) in [6.45, 7) is 9.50. The number of carbonyl (C=O) groups excluding carboxylic acids is 3. The van der Waals surface area contributed by atoms with Crippen LogP contribution in [0.25, 0.3) is 0 Å². The number of carboxylic acids is 1. The lowest BCUT2D eigenvalue weighted by Gasteiger charge is -2.13. The van der Waals surface area contributed by atoms with Crippen LogP contribution >= 0.6 is 0 Å². The van der Waals surface area contributed by atoms with Gasteiger partial charge >= 0.3 is 5.97 Å². The van der Waals surface area contributed by atoms with Crippen LogP contribution < -0.4 is 16.0 Å². The van der Waals surface area contributed by atoms with Crippen molar-refractivity contribution in [2.75, 3.05) is 0 Å². The van der Waals surface area contributed by atoms with Gasteiger partial charge in [-0.25, -0.2) is 4.79 Å². The maximum Gasteiger partial charge on any atom is 0.356 e. The zero-order chi connectivity index (χ0) is 15.7. The summed E-state index contributed by atoms with van der Waals surface area (Å²) in [5.41, 5.74) is -0.736. The van der Waals surface area contributed by atoms with E-state index >= 15 is 0 Å². The average molecular weight is 279 g/mol. The second-order valence-electron chi connectivity index (χ2n) is 3.14. The number of carbonyl (C=O) groups is 4. The maximum absolute atomic E-state index is 11.2. The van der Waals surface area contributed by atoms with Gasteiger partial charge in [-0.05, 0) is 18.2 Å². The smallest absolute Gasteiger partial charge is 0.356 e. The molecular weight excluding hydrogens is 266 g/mol. The Morgan fingerprint density at radius 2 is 1.10 bits per heavy atom. The third-order valence-corrected chi connectivity index (χ3v) is 1.76. The highest BCUT2D eigenvalue weighted by Crippen LogP contribution is 1.97. The summed E-state index contributed by atoms with van der Waals surface area (Å²) in [7, 11) is 0. The van der Waals surface area contributed by atoms with E-state index in [1.165, 1.54) is 0 Å². The second kappa shape index (κ2) is 8.03. The molecule has 0 aromatic rings. The topological polar surface area (TPSA) is 125 Å². The molecule has 8 nitrogen and oxygen atoms in total. The van der Waals surface area contributed by atoms with Crippen molar-refractivity contribution in [2.24, 2.45) is 0 Å². The molecule has 3 amide bonds. The van der Waals surface area contributed by atoms with Gasteiger partial charge in [0, 0.05) is 0 Å². The lowest BCUT2D eigenvalue weighted by molar-refractivity contribution is -0.134. The van der Waals surface area contributed by atoms with E-state index < -0.39 is 35.2 Å². The molecule has 0 aliphatic carbocycles. The fourth-order valence-electron chi connectivity index (χ4n) is 0.902. The fraction of sp³-hybridized carbons (Fsp3) is 0. The number of aliphatic carboxylic acids is 1. The Labute approximate surface area is 114 Å². The number of carboxylic acid groups (broad SMARTS) is 1. The van der Waals surface area contributed by atoms with Crippen molar-refractivity contribution in [1.82, 2.24) is 16.0 Å². The van der Waals surface area contributed by atoms with Crippen molar-refractivity contribution in [3.8, 4) is 0 Å². The van der Waals surface area contributed by atoms with Crippen molar-refractivity contribution in [2.45, 2.75) is 0 Å². The van der Waals surface area contributed by atoms with Crippen LogP contribution in [-0.2, 0) is 19.2 Å². The Hall–Kier alpha value is -3.16. The molecule has 0 aromatic carbocycles. The fourth-order valence-corrected chi connectivity index (χ4v) is 0.902. The lowest BCUT2D eigenvalue weighted by atomic mass is 10.3. The molecule has 0 saturated carbocycles. The first-order chi connectivity index (χ1) is 9.35. The van der Waals surface area contributed by atoms with Crippen molar-refractivity contribution >= 4 is 23.7 Å². The number of nitrogens with one attached hydrogen (secondary N) is 3. The van der Waals surface area contributed by atoms with Crippen LogP contribution in [0.3, 0.4) is 0 Å². The van der Waals surface area contributed by atoms with Gasteiger partial charge in [-0.1, -0.05) is 19.7 Å². The summed E-state index contributed by atoms with van der Waals surface area (Å²) in [6.07, 6.45) is 2.54. The molecule has 0 unspecified atom stereocenters. The molecule has 20 heavy (non-hydrogen) atoms. The van der Waals surface area contributed by atoms with Gasteiger partial charge in [0.05, 0.1) is 0 Å². The minimum absolute atomic E-state index is 0.525. The first-order valence-electron chi connectivity index (χ1n) is 5.13. The molecule has 0 heterocycles. The predicted octanol–water partition coefficient (Wildman–Crippen LogP) is -0.853. The summed E-state index contributed by atoms with van der Waals surface area (Å²) in [6, 6.07) is 0. The van der Waals surface area contributed by atoms with E-state index in [0.717, 1.165) is 18.2 Å². The van der Waals surface area contributed by atoms with E-state index in [-0.39, 0.29) is 0 Å². The van der Waals surface area contributed by atoms with Gasteiger partial charge in [-0.15, -0.1) is 0 Å². The van der Waals surface area contributed by atoms with E-state index in [4.69, 9.17) is 5.11 Å². The van der Waals surface area contributed by atoms with E-state index in [0.29, 0.717) is 0 Å². The highest BCUT2D eigenvalue weighted by Gasteiger charge is 2.19. The Morgan fingerprint density at radius 3 is 1.40 bits per heavy atom. The van der Waals surface area contributed by atoms with Crippen LogP contribution in [-0.4, -0.2) is 28.8 Å². The van der Waals surface area contributed by atoms with Crippen LogP contribution in [0.1, 0.15) is 0 Å². The molecule has 8 heteroatoms. The van der Waals surface area contributed by atoms with Gasteiger partial charge in [0.2, 0.25) is 17.7 Å². The zero-order valence-electron chi connectivity index (χ0n) is 10.4. The number of hydrogen-bond donors (Lipinski definition) is 4. The van der Waals surface area contributed by atoms with Crippen molar-refractivity contribution in [1.29, 1.82) is 0 Å². The van der Waals surface area contributed by atoms with Crippen LogP contribution in [0.2, 0.25) is 0 Å². The van der Waals surface area contributed by atoms with Crippen LogP contribution in [0, 0.1) is 0 Å². The van der Waals surface area contributed by atoms with Crippen molar-refractivity contribution in [3.63, 3.8) is 0 Å². The number of rotatable bonds is 7. The Bertz CT molecular complexity index is 495. The molecule has 0 bridgehead atoms. The average Bonchev–Trinajstić information content (AvgIpc) is 2.42. The molecule has 0 aliphatic heterocycles. The molecule has 0 fully saturated rings. The Morgan fingerprint density at radius 1 is 0.750 bits per heavy atom. The van der Waals surface area contributed by atoms with Crippen molar-refractivity contribution in [3.05, 3.63) is 49.5 Å². The summed E-state index contributed by atoms with van der Waals surface area (Å²) >= 11 is 0. The van der Waals surface area contributed by atoms with E-state index in [1.807, 2.05) is 5.32 Å². The third kappa shape index (κ3) is 5.45. The summed E-state index contributed by atoms with van der Waals surface area (Å²) in [5.74, 6) is -4.50. The molecule has 0 radical (unpaired) electrons. The molecule has 0 atom stereocenters. The first-order valence-corrected chi connectivity index (χ1v) is 5.13. The summed E-state index contributed by atoms with van der Waals surface area (Å²) in [4.78, 5) is 44.6. The summed E-state index contributed by atoms with van der Waals surface area (Å²) < 4.78 is 0. The standard InChI is InChI=1S/C12H13N3O5/c1-4-7(16)13-10(12(19)20)11(14-8(17)5-2)15-9(18)6-3/h4-6H,1-3H2,(H,13,16)(H,14,17)(H,15,18)(H,19,20). The Kier molecular flexibility index (Phi) is 6.76. The van der Waals surface area contributed by atoms with Gasteiger partial charge in [0.25, 0.3) is 0 Å². The zero-order valence-corrected chi connectivity index (χ0v) is 10.4. The quantitative estimate of drug-likeness (QED) is 0.452. The van der Waals surface area contributed by atoms with Crippen molar-refractivity contribution < 1.29 is 24.3 Å². The van der Waals surface area contributed by atoms with Gasteiger partial charge in [0.15, 0.2) is 5.70 Å². The molecule has 0 aromatic heterocycles. The molecular formula is C12H13N3O5. The highest BCUT2D eigenvalue weighted by molar-refractivity contribution is 5.99. The largest absolute Gasteiger partial charge is 0.476 e. The monoisotopic (exact) mass is 279 g/mol. The number of hydrogen-bond acceptors (Lipinski definition) is 4. The molecule has 0 rings (SSSR count). The molecule has 0 saturated heterocycles. The minimum Gasteiger partial charge on any atom is -0.476 e. The van der Waals surface area contributed by atoms with Crippen LogP contribution in [0.5, 0.6) is 0 Å². The van der Waals surface area contributed by atoms with Gasteiger partial charge < -0.3 is 21.1 Å².